The van der Waals surface area contributed by atoms with Crippen molar-refractivity contribution in [1.82, 2.24) is 10.2 Å². The highest BCUT2D eigenvalue weighted by atomic mass is 16.5. The third-order valence-corrected chi connectivity index (χ3v) is 4.48. The number of hydrogen-bond donors (Lipinski definition) is 2. The second-order valence-electron chi connectivity index (χ2n) is 6.79. The summed E-state index contributed by atoms with van der Waals surface area (Å²) in [5.74, 6) is 0. The van der Waals surface area contributed by atoms with Crippen molar-refractivity contribution in [2.75, 3.05) is 26.2 Å². The van der Waals surface area contributed by atoms with Crippen LogP contribution in [0.15, 0.2) is 24.3 Å². The molecular formula is C17H26N2O2. The number of aliphatic hydroxyl groups is 1. The van der Waals surface area contributed by atoms with E-state index in [0.717, 1.165) is 32.6 Å². The Bertz CT molecular complexity index is 489. The summed E-state index contributed by atoms with van der Waals surface area (Å²) in [7, 11) is 0. The normalized spacial score (nSPS) is 29.7. The van der Waals surface area contributed by atoms with E-state index < -0.39 is 0 Å². The van der Waals surface area contributed by atoms with Crippen LogP contribution in [0.1, 0.15) is 37.4 Å². The number of morpholine rings is 1. The number of nitrogens with zero attached hydrogens (tertiary/aromatic N) is 1. The molecule has 0 bridgehead atoms. The van der Waals surface area contributed by atoms with Crippen molar-refractivity contribution >= 4 is 0 Å². The van der Waals surface area contributed by atoms with E-state index in [9.17, 15) is 5.11 Å². The molecule has 1 aromatic carbocycles. The van der Waals surface area contributed by atoms with Crippen molar-refractivity contribution in [2.24, 2.45) is 0 Å². The van der Waals surface area contributed by atoms with Crippen molar-refractivity contribution in [1.29, 1.82) is 0 Å². The van der Waals surface area contributed by atoms with Crippen LogP contribution in [0.25, 0.3) is 0 Å². The molecule has 0 aliphatic carbocycles. The molecule has 1 aromatic rings. The Morgan fingerprint density at radius 3 is 3.00 bits per heavy atom. The minimum Gasteiger partial charge on any atom is -0.394 e. The third kappa shape index (κ3) is 3.29. The maximum Gasteiger partial charge on any atom is 0.0940 e. The Labute approximate surface area is 127 Å². The predicted octanol–water partition coefficient (Wildman–Crippen LogP) is 1.69. The summed E-state index contributed by atoms with van der Waals surface area (Å²) in [6, 6.07) is 9.13. The average Bonchev–Trinajstić information content (AvgIpc) is 2.67. The molecule has 0 spiro atoms. The molecule has 2 unspecified atom stereocenters. The van der Waals surface area contributed by atoms with E-state index in [1.54, 1.807) is 0 Å². The fourth-order valence-corrected chi connectivity index (χ4v) is 3.69. The average molecular weight is 290 g/mol. The highest BCUT2D eigenvalue weighted by molar-refractivity contribution is 5.31. The van der Waals surface area contributed by atoms with Gasteiger partial charge in [0.25, 0.3) is 0 Å². The number of fused-ring (bicyclic) bond motifs is 1. The molecule has 116 valence electrons. The zero-order valence-corrected chi connectivity index (χ0v) is 13.0. The number of hydrogen-bond acceptors (Lipinski definition) is 4. The van der Waals surface area contributed by atoms with Gasteiger partial charge in [0.15, 0.2) is 0 Å². The van der Waals surface area contributed by atoms with Crippen LogP contribution in [0.4, 0.5) is 0 Å². The van der Waals surface area contributed by atoms with Crippen LogP contribution in [0.2, 0.25) is 0 Å². The lowest BCUT2D eigenvalue weighted by Crippen LogP contribution is -2.54. The Morgan fingerprint density at radius 1 is 1.38 bits per heavy atom. The second kappa shape index (κ2) is 6.05. The van der Waals surface area contributed by atoms with Gasteiger partial charge in [-0.25, -0.2) is 0 Å². The van der Waals surface area contributed by atoms with Gasteiger partial charge in [-0.2, -0.15) is 0 Å². The number of rotatable bonds is 2. The Balaban J connectivity index is 1.88. The molecule has 1 saturated heterocycles. The van der Waals surface area contributed by atoms with Gasteiger partial charge in [0.05, 0.1) is 18.3 Å². The van der Waals surface area contributed by atoms with E-state index in [1.807, 2.05) is 0 Å². The molecule has 1 fully saturated rings. The maximum atomic E-state index is 9.53. The number of nitrogens with one attached hydrogen (secondary N) is 1. The van der Waals surface area contributed by atoms with E-state index in [2.05, 4.69) is 48.3 Å². The van der Waals surface area contributed by atoms with Gasteiger partial charge in [0.2, 0.25) is 0 Å². The van der Waals surface area contributed by atoms with Crippen molar-refractivity contribution in [3.05, 3.63) is 35.4 Å². The van der Waals surface area contributed by atoms with Crippen LogP contribution in [-0.2, 0) is 11.3 Å². The standard InChI is InChI=1S/C17H26N2O2/c1-17(2)12-19(10-14(11-20)21-17)16-7-8-18-9-13-5-3-4-6-15(13)16/h3-6,14,16,18,20H,7-12H2,1-2H3. The van der Waals surface area contributed by atoms with Crippen molar-refractivity contribution in [3.63, 3.8) is 0 Å². The van der Waals surface area contributed by atoms with E-state index >= 15 is 0 Å². The van der Waals surface area contributed by atoms with Gasteiger partial charge in [-0.3, -0.25) is 4.90 Å². The molecule has 2 aliphatic rings. The Hall–Kier alpha value is -0.940. The van der Waals surface area contributed by atoms with Crippen molar-refractivity contribution in [3.8, 4) is 0 Å². The van der Waals surface area contributed by atoms with Crippen LogP contribution in [0, 0.1) is 0 Å². The first-order valence-corrected chi connectivity index (χ1v) is 7.90. The molecule has 0 amide bonds. The lowest BCUT2D eigenvalue weighted by Gasteiger charge is -2.45. The van der Waals surface area contributed by atoms with Gasteiger partial charge in [-0.05, 0) is 37.9 Å². The first-order chi connectivity index (χ1) is 10.1. The predicted molar refractivity (Wildman–Crippen MR) is 83.1 cm³/mol. The zero-order chi connectivity index (χ0) is 14.9. The summed E-state index contributed by atoms with van der Waals surface area (Å²) in [5, 5.41) is 13.0. The Morgan fingerprint density at radius 2 is 2.19 bits per heavy atom. The molecule has 0 aromatic heterocycles. The van der Waals surface area contributed by atoms with Gasteiger partial charge in [0.1, 0.15) is 0 Å². The van der Waals surface area contributed by atoms with Gasteiger partial charge < -0.3 is 15.2 Å². The van der Waals surface area contributed by atoms with Crippen molar-refractivity contribution < 1.29 is 9.84 Å². The lowest BCUT2D eigenvalue weighted by molar-refractivity contribution is -0.157. The molecule has 4 heteroatoms. The first-order valence-electron chi connectivity index (χ1n) is 7.90. The molecular weight excluding hydrogens is 264 g/mol. The lowest BCUT2D eigenvalue weighted by atomic mass is 9.95. The van der Waals surface area contributed by atoms with Gasteiger partial charge in [-0.1, -0.05) is 24.3 Å². The van der Waals surface area contributed by atoms with Crippen LogP contribution < -0.4 is 5.32 Å². The quantitative estimate of drug-likeness (QED) is 0.870. The molecule has 2 N–H and O–H groups in total. The summed E-state index contributed by atoms with van der Waals surface area (Å²) in [5.41, 5.74) is 2.61. The van der Waals surface area contributed by atoms with E-state index in [0.29, 0.717) is 6.04 Å². The maximum absolute atomic E-state index is 9.53. The second-order valence-corrected chi connectivity index (χ2v) is 6.79. The topological polar surface area (TPSA) is 44.7 Å². The molecule has 4 nitrogen and oxygen atoms in total. The van der Waals surface area contributed by atoms with Crippen LogP contribution in [0.3, 0.4) is 0 Å². The Kier molecular flexibility index (Phi) is 4.31. The summed E-state index contributed by atoms with van der Waals surface area (Å²) >= 11 is 0. The molecule has 3 rings (SSSR count). The largest absolute Gasteiger partial charge is 0.394 e. The zero-order valence-electron chi connectivity index (χ0n) is 13.0. The van der Waals surface area contributed by atoms with E-state index in [1.165, 1.54) is 11.1 Å². The van der Waals surface area contributed by atoms with E-state index in [4.69, 9.17) is 4.74 Å². The van der Waals surface area contributed by atoms with Crippen LogP contribution in [-0.4, -0.2) is 48.0 Å². The monoisotopic (exact) mass is 290 g/mol. The van der Waals surface area contributed by atoms with Crippen LogP contribution >= 0.6 is 0 Å². The smallest absolute Gasteiger partial charge is 0.0940 e. The third-order valence-electron chi connectivity index (χ3n) is 4.48. The van der Waals surface area contributed by atoms with Gasteiger partial charge in [0, 0.05) is 25.7 Å². The number of aliphatic hydroxyl groups excluding tert-OH is 1. The molecule has 2 heterocycles. The minimum atomic E-state index is -0.208. The first kappa shape index (κ1) is 15.0. The highest BCUT2D eigenvalue weighted by Crippen LogP contribution is 2.33. The number of ether oxygens (including phenoxy) is 1. The van der Waals surface area contributed by atoms with Gasteiger partial charge >= 0.3 is 0 Å². The highest BCUT2D eigenvalue weighted by Gasteiger charge is 2.37. The summed E-state index contributed by atoms with van der Waals surface area (Å²) in [4.78, 5) is 2.50. The molecule has 0 saturated carbocycles. The summed E-state index contributed by atoms with van der Waals surface area (Å²) < 4.78 is 5.96. The summed E-state index contributed by atoms with van der Waals surface area (Å²) in [6.45, 7) is 8.00. The van der Waals surface area contributed by atoms with Crippen LogP contribution in [0.5, 0.6) is 0 Å². The fourth-order valence-electron chi connectivity index (χ4n) is 3.69. The molecule has 0 radical (unpaired) electrons. The van der Waals surface area contributed by atoms with Gasteiger partial charge in [-0.15, -0.1) is 0 Å². The molecule has 2 aliphatic heterocycles. The minimum absolute atomic E-state index is 0.0860. The molecule has 2 atom stereocenters. The number of benzene rings is 1. The van der Waals surface area contributed by atoms with E-state index in [-0.39, 0.29) is 18.3 Å². The SMILES string of the molecule is CC1(C)CN(C2CCNCc3ccccc32)CC(CO)O1. The van der Waals surface area contributed by atoms with Crippen molar-refractivity contribution in [2.45, 2.75) is 44.6 Å². The fraction of sp³-hybridized carbons (Fsp3) is 0.647. The summed E-state index contributed by atoms with van der Waals surface area (Å²) in [6.07, 6.45) is 1.02. The molecule has 21 heavy (non-hydrogen) atoms.